The molecule has 4 N–H and O–H groups in total. The van der Waals surface area contributed by atoms with Crippen LogP contribution in [0.1, 0.15) is 0 Å². The molecule has 17 heavy (non-hydrogen) atoms. The predicted molar refractivity (Wildman–Crippen MR) is 48.2 cm³/mol. The van der Waals surface area contributed by atoms with Crippen LogP contribution in [0.2, 0.25) is 0 Å². The summed E-state index contributed by atoms with van der Waals surface area (Å²) in [4.78, 5) is 20.3. The number of phosphoric ester groups is 1. The Bertz CT molecular complexity index is 283. The molecular weight excluding hydrogens is 384 g/mol. The molecule has 1 unspecified atom stereocenters. The van der Waals surface area contributed by atoms with Gasteiger partial charge in [-0.05, 0) is 0 Å². The maximum Gasteiger partial charge on any atom is 2.00 e. The van der Waals surface area contributed by atoms with Crippen molar-refractivity contribution in [3.8, 4) is 0 Å². The molecular formula is C6H11BaO9P. The van der Waals surface area contributed by atoms with Gasteiger partial charge in [-0.3, -0.25) is 0 Å². The standard InChI is InChI=1S/C6H13O9P.Ba/c7-3-2(1-14-16(11,12)13)15-6(10)5(9)4(3)8;/h2-10H,1H2,(H2,11,12,13);/q;+2/p-2/t2-,3-,4+,5+,6?;/m1./s1. The molecule has 0 aromatic carbocycles. The summed E-state index contributed by atoms with van der Waals surface area (Å²) in [5.41, 5.74) is 0. The van der Waals surface area contributed by atoms with Crippen LogP contribution >= 0.6 is 7.82 Å². The molecule has 1 heterocycles. The van der Waals surface area contributed by atoms with E-state index in [0.29, 0.717) is 0 Å². The summed E-state index contributed by atoms with van der Waals surface area (Å²) in [6, 6.07) is 0. The molecule has 11 heteroatoms. The van der Waals surface area contributed by atoms with Crippen molar-refractivity contribution in [2.24, 2.45) is 0 Å². The molecule has 1 saturated heterocycles. The minimum absolute atomic E-state index is 0. The van der Waals surface area contributed by atoms with Crippen molar-refractivity contribution in [1.82, 2.24) is 0 Å². The molecule has 5 atom stereocenters. The van der Waals surface area contributed by atoms with E-state index in [1.807, 2.05) is 0 Å². The van der Waals surface area contributed by atoms with Gasteiger partial charge in [0.25, 0.3) is 0 Å². The average Bonchev–Trinajstić information content (AvgIpc) is 2.17. The van der Waals surface area contributed by atoms with Gasteiger partial charge < -0.3 is 44.0 Å². The third kappa shape index (κ3) is 5.55. The van der Waals surface area contributed by atoms with Crippen molar-refractivity contribution in [1.29, 1.82) is 0 Å². The summed E-state index contributed by atoms with van der Waals surface area (Å²) in [7, 11) is -5.23. The smallest absolute Gasteiger partial charge is 0.790 e. The number of aliphatic hydroxyl groups is 4. The zero-order valence-corrected chi connectivity index (χ0v) is 13.9. The average molecular weight is 395 g/mol. The van der Waals surface area contributed by atoms with Crippen LogP contribution < -0.4 is 9.79 Å². The molecule has 0 saturated carbocycles. The van der Waals surface area contributed by atoms with Gasteiger partial charge in [0.2, 0.25) is 0 Å². The maximum absolute atomic E-state index is 10.1. The van der Waals surface area contributed by atoms with Gasteiger partial charge in [0.15, 0.2) is 6.29 Å². The second-order valence-electron chi connectivity index (χ2n) is 3.28. The fourth-order valence-electron chi connectivity index (χ4n) is 1.23. The number of phosphoric acid groups is 1. The molecule has 9 nitrogen and oxygen atoms in total. The third-order valence-electron chi connectivity index (χ3n) is 2.08. The van der Waals surface area contributed by atoms with Gasteiger partial charge in [-0.15, -0.1) is 0 Å². The Hall–Kier alpha value is 1.48. The summed E-state index contributed by atoms with van der Waals surface area (Å²) < 4.78 is 18.5. The summed E-state index contributed by atoms with van der Waals surface area (Å²) in [5, 5.41) is 36.6. The summed E-state index contributed by atoms with van der Waals surface area (Å²) in [6.45, 7) is -0.855. The van der Waals surface area contributed by atoms with E-state index in [1.165, 1.54) is 0 Å². The van der Waals surface area contributed by atoms with E-state index >= 15 is 0 Å². The van der Waals surface area contributed by atoms with E-state index in [0.717, 1.165) is 0 Å². The molecule has 96 valence electrons. The Kier molecular flexibility index (Phi) is 7.95. The van der Waals surface area contributed by atoms with Crippen molar-refractivity contribution in [3.05, 3.63) is 0 Å². The zero-order valence-electron chi connectivity index (χ0n) is 8.58. The molecule has 0 aromatic rings. The quantitative estimate of drug-likeness (QED) is 0.271. The van der Waals surface area contributed by atoms with Gasteiger partial charge >= 0.3 is 48.9 Å². The SMILES string of the molecule is O=P([O-])([O-])OC[C@H]1OC(O)[C@@H](O)[C@@H](O)[C@@H]1O.[Ba+2]. The first-order chi connectivity index (χ1) is 7.22. The fraction of sp³-hybridized carbons (Fsp3) is 1.00. The van der Waals surface area contributed by atoms with E-state index < -0.39 is 45.1 Å². The van der Waals surface area contributed by atoms with Crippen molar-refractivity contribution >= 4 is 56.7 Å². The van der Waals surface area contributed by atoms with E-state index in [1.54, 1.807) is 0 Å². The number of aliphatic hydroxyl groups excluding tert-OH is 4. The van der Waals surface area contributed by atoms with E-state index in [2.05, 4.69) is 9.26 Å². The molecule has 1 aliphatic rings. The van der Waals surface area contributed by atoms with Crippen LogP contribution in [0.4, 0.5) is 0 Å². The van der Waals surface area contributed by atoms with Crippen molar-refractivity contribution in [2.75, 3.05) is 6.61 Å². The van der Waals surface area contributed by atoms with Gasteiger partial charge in [0, 0.05) is 0 Å². The minimum Gasteiger partial charge on any atom is -0.790 e. The molecule has 1 rings (SSSR count). The summed E-state index contributed by atoms with van der Waals surface area (Å²) >= 11 is 0. The van der Waals surface area contributed by atoms with E-state index in [-0.39, 0.29) is 48.9 Å². The largest absolute Gasteiger partial charge is 2.00 e. The molecule has 1 fully saturated rings. The molecule has 0 aliphatic carbocycles. The Labute approximate surface area is 137 Å². The van der Waals surface area contributed by atoms with Crippen molar-refractivity contribution in [2.45, 2.75) is 30.7 Å². The second-order valence-corrected chi connectivity index (χ2v) is 4.43. The Morgan fingerprint density at radius 2 is 1.65 bits per heavy atom. The minimum atomic E-state index is -5.23. The summed E-state index contributed by atoms with van der Waals surface area (Å²) in [6.07, 6.45) is -8.35. The number of ether oxygens (including phenoxy) is 1. The van der Waals surface area contributed by atoms with Crippen LogP contribution in [0.5, 0.6) is 0 Å². The van der Waals surface area contributed by atoms with Crippen molar-refractivity contribution < 1.29 is 44.0 Å². The molecule has 1 aliphatic heterocycles. The summed E-state index contributed by atoms with van der Waals surface area (Å²) in [5.74, 6) is 0. The normalized spacial score (nSPS) is 38.6. The number of hydrogen-bond acceptors (Lipinski definition) is 9. The first kappa shape index (κ1) is 18.5. The zero-order chi connectivity index (χ0) is 12.5. The molecule has 0 radical (unpaired) electrons. The monoisotopic (exact) mass is 396 g/mol. The Morgan fingerprint density at radius 3 is 2.12 bits per heavy atom. The van der Waals surface area contributed by atoms with Gasteiger partial charge in [-0.2, -0.15) is 0 Å². The van der Waals surface area contributed by atoms with Gasteiger partial charge in [0.05, 0.1) is 14.4 Å². The van der Waals surface area contributed by atoms with Crippen LogP contribution in [0.3, 0.4) is 0 Å². The molecule has 0 aromatic heterocycles. The first-order valence-corrected chi connectivity index (χ1v) is 5.73. The Balaban J connectivity index is 0.00000256. The Morgan fingerprint density at radius 1 is 1.12 bits per heavy atom. The molecule has 0 bridgehead atoms. The van der Waals surface area contributed by atoms with Gasteiger partial charge in [-0.1, -0.05) is 0 Å². The third-order valence-corrected chi connectivity index (χ3v) is 2.55. The van der Waals surface area contributed by atoms with E-state index in [9.17, 15) is 24.6 Å². The molecule has 0 spiro atoms. The van der Waals surface area contributed by atoms with Crippen LogP contribution in [0.15, 0.2) is 0 Å². The maximum atomic E-state index is 10.1. The first-order valence-electron chi connectivity index (χ1n) is 4.26. The van der Waals surface area contributed by atoms with Crippen LogP contribution in [-0.2, 0) is 13.8 Å². The second kappa shape index (κ2) is 7.31. The predicted octanol–water partition coefficient (Wildman–Crippen LogP) is -4.75. The topological polar surface area (TPSA) is 163 Å². The fourth-order valence-corrected chi connectivity index (χ4v) is 1.56. The van der Waals surface area contributed by atoms with Crippen LogP contribution in [-0.4, -0.2) is 107 Å². The van der Waals surface area contributed by atoms with E-state index in [4.69, 9.17) is 10.2 Å². The molecule has 0 amide bonds. The van der Waals surface area contributed by atoms with Gasteiger partial charge in [-0.25, -0.2) is 0 Å². The number of hydrogen-bond donors (Lipinski definition) is 4. The van der Waals surface area contributed by atoms with Crippen LogP contribution in [0.25, 0.3) is 0 Å². The van der Waals surface area contributed by atoms with Crippen molar-refractivity contribution in [3.63, 3.8) is 0 Å². The number of rotatable bonds is 3. The van der Waals surface area contributed by atoms with Crippen LogP contribution in [0, 0.1) is 0 Å². The van der Waals surface area contributed by atoms with Gasteiger partial charge in [0.1, 0.15) is 24.4 Å².